The number of carbonyl (C=O) groups excluding carboxylic acids is 1. The molecule has 0 saturated carbocycles. The lowest BCUT2D eigenvalue weighted by Crippen LogP contribution is -2.50. The van der Waals surface area contributed by atoms with Crippen molar-refractivity contribution in [1.29, 1.82) is 0 Å². The summed E-state index contributed by atoms with van der Waals surface area (Å²) in [5, 5.41) is 2.81. The fraction of sp³-hybridized carbons (Fsp3) is 0.400. The second-order valence-corrected chi connectivity index (χ2v) is 7.22. The molecule has 3 heterocycles. The Balaban J connectivity index is 1.45. The molecule has 0 spiro atoms. The minimum atomic E-state index is -4.50. The molecule has 2 amide bonds. The number of anilines is 2. The topological polar surface area (TPSA) is 66.9 Å². The monoisotopic (exact) mass is 422 g/mol. The SMILES string of the molecule is CN(c1ncccc1C(F)(F)F)C1CCCN(C(=O)Nc2ccc3c(c2)OCO3)C1. The van der Waals surface area contributed by atoms with Crippen LogP contribution < -0.4 is 19.7 Å². The number of carbonyl (C=O) groups is 1. The maximum atomic E-state index is 13.4. The van der Waals surface area contributed by atoms with Gasteiger partial charge in [-0.3, -0.25) is 0 Å². The number of likely N-dealkylation sites (tertiary alicyclic amines) is 1. The molecule has 7 nitrogen and oxygen atoms in total. The van der Waals surface area contributed by atoms with Gasteiger partial charge in [-0.1, -0.05) is 0 Å². The molecule has 0 radical (unpaired) electrons. The molecule has 0 aliphatic carbocycles. The zero-order valence-electron chi connectivity index (χ0n) is 16.3. The Morgan fingerprint density at radius 3 is 2.87 bits per heavy atom. The number of amides is 2. The number of ether oxygens (including phenoxy) is 2. The fourth-order valence-corrected chi connectivity index (χ4v) is 3.70. The summed E-state index contributed by atoms with van der Waals surface area (Å²) in [6.07, 6.45) is -1.81. The maximum absolute atomic E-state index is 13.4. The number of benzene rings is 1. The first-order valence-electron chi connectivity index (χ1n) is 9.53. The minimum absolute atomic E-state index is 0.131. The van der Waals surface area contributed by atoms with E-state index in [-0.39, 0.29) is 24.7 Å². The van der Waals surface area contributed by atoms with E-state index in [9.17, 15) is 18.0 Å². The van der Waals surface area contributed by atoms with Crippen LogP contribution >= 0.6 is 0 Å². The number of aromatic nitrogens is 1. The molecular weight excluding hydrogens is 401 g/mol. The molecule has 1 fully saturated rings. The molecule has 10 heteroatoms. The molecule has 1 saturated heterocycles. The van der Waals surface area contributed by atoms with Crippen LogP contribution in [0.3, 0.4) is 0 Å². The highest BCUT2D eigenvalue weighted by molar-refractivity contribution is 5.90. The van der Waals surface area contributed by atoms with Crippen LogP contribution in [0.4, 0.5) is 29.5 Å². The smallest absolute Gasteiger partial charge is 0.419 e. The van der Waals surface area contributed by atoms with Crippen LogP contribution in [0.15, 0.2) is 36.5 Å². The van der Waals surface area contributed by atoms with Gasteiger partial charge in [-0.2, -0.15) is 13.2 Å². The van der Waals surface area contributed by atoms with Crippen LogP contribution in [-0.4, -0.2) is 48.9 Å². The van der Waals surface area contributed by atoms with Crippen LogP contribution in [0.25, 0.3) is 0 Å². The Morgan fingerprint density at radius 2 is 2.07 bits per heavy atom. The van der Waals surface area contributed by atoms with Crippen molar-refractivity contribution in [3.05, 3.63) is 42.1 Å². The van der Waals surface area contributed by atoms with Gasteiger partial charge in [0, 0.05) is 44.1 Å². The van der Waals surface area contributed by atoms with E-state index in [1.165, 1.54) is 17.2 Å². The summed E-state index contributed by atoms with van der Waals surface area (Å²) in [4.78, 5) is 19.8. The molecule has 2 aromatic rings. The molecule has 1 aromatic carbocycles. The number of alkyl halides is 3. The van der Waals surface area contributed by atoms with Gasteiger partial charge in [0.15, 0.2) is 11.5 Å². The number of rotatable bonds is 3. The fourth-order valence-electron chi connectivity index (χ4n) is 3.70. The number of nitrogens with one attached hydrogen (secondary N) is 1. The van der Waals surface area contributed by atoms with Crippen molar-refractivity contribution in [1.82, 2.24) is 9.88 Å². The van der Waals surface area contributed by atoms with Crippen molar-refractivity contribution >= 4 is 17.5 Å². The molecule has 160 valence electrons. The van der Waals surface area contributed by atoms with Crippen molar-refractivity contribution < 1.29 is 27.4 Å². The lowest BCUT2D eigenvalue weighted by molar-refractivity contribution is -0.137. The number of urea groups is 1. The maximum Gasteiger partial charge on any atom is 0.419 e. The Morgan fingerprint density at radius 1 is 1.27 bits per heavy atom. The summed E-state index contributed by atoms with van der Waals surface area (Å²) in [5.74, 6) is 1.04. The lowest BCUT2D eigenvalue weighted by atomic mass is 10.0. The van der Waals surface area contributed by atoms with Gasteiger partial charge in [-0.15, -0.1) is 0 Å². The highest BCUT2D eigenvalue weighted by Crippen LogP contribution is 2.36. The number of nitrogens with zero attached hydrogens (tertiary/aromatic N) is 3. The molecular formula is C20H21F3N4O3. The van der Waals surface area contributed by atoms with E-state index in [2.05, 4.69) is 10.3 Å². The number of piperidine rings is 1. The Labute approximate surface area is 171 Å². The summed E-state index contributed by atoms with van der Waals surface area (Å²) < 4.78 is 50.6. The predicted octanol–water partition coefficient (Wildman–Crippen LogP) is 3.96. The normalized spacial score (nSPS) is 18.3. The van der Waals surface area contributed by atoms with E-state index >= 15 is 0 Å². The zero-order chi connectivity index (χ0) is 21.3. The van der Waals surface area contributed by atoms with Crippen molar-refractivity contribution in [2.75, 3.05) is 37.1 Å². The molecule has 1 unspecified atom stereocenters. The van der Waals surface area contributed by atoms with Gasteiger partial charge >= 0.3 is 12.2 Å². The highest BCUT2D eigenvalue weighted by Gasteiger charge is 2.37. The van der Waals surface area contributed by atoms with Gasteiger partial charge in [0.05, 0.1) is 5.56 Å². The van der Waals surface area contributed by atoms with Crippen molar-refractivity contribution in [2.24, 2.45) is 0 Å². The van der Waals surface area contributed by atoms with Crippen molar-refractivity contribution in [3.8, 4) is 11.5 Å². The number of likely N-dealkylation sites (N-methyl/N-ethyl adjacent to an activating group) is 1. The Hall–Kier alpha value is -3.17. The van der Waals surface area contributed by atoms with E-state index < -0.39 is 11.7 Å². The van der Waals surface area contributed by atoms with Gasteiger partial charge in [-0.25, -0.2) is 9.78 Å². The van der Waals surface area contributed by atoms with E-state index in [4.69, 9.17) is 9.47 Å². The molecule has 4 rings (SSSR count). The van der Waals surface area contributed by atoms with Gasteiger partial charge in [-0.05, 0) is 37.1 Å². The van der Waals surface area contributed by atoms with Crippen LogP contribution in [-0.2, 0) is 6.18 Å². The number of halogens is 3. The van der Waals surface area contributed by atoms with E-state index in [0.717, 1.165) is 6.07 Å². The summed E-state index contributed by atoms with van der Waals surface area (Å²) in [6, 6.07) is 6.79. The number of fused-ring (bicyclic) bond motifs is 1. The molecule has 30 heavy (non-hydrogen) atoms. The second-order valence-electron chi connectivity index (χ2n) is 7.22. The highest BCUT2D eigenvalue weighted by atomic mass is 19.4. The molecule has 1 aromatic heterocycles. The second kappa shape index (κ2) is 7.92. The molecule has 0 bridgehead atoms. The average Bonchev–Trinajstić information content (AvgIpc) is 3.20. The summed E-state index contributed by atoms with van der Waals surface area (Å²) in [7, 11) is 1.58. The number of hydrogen-bond acceptors (Lipinski definition) is 5. The largest absolute Gasteiger partial charge is 0.454 e. The van der Waals surface area contributed by atoms with Crippen LogP contribution in [0.5, 0.6) is 11.5 Å². The standard InChI is InChI=1S/C20H21F3N4O3/c1-26(18-15(20(21,22)23)5-2-8-24-18)14-4-3-9-27(11-14)19(28)25-13-6-7-16-17(10-13)30-12-29-16/h2,5-8,10,14H,3-4,9,11-12H2,1H3,(H,25,28). The third-order valence-corrected chi connectivity index (χ3v) is 5.28. The van der Waals surface area contributed by atoms with E-state index in [1.54, 1.807) is 30.1 Å². The molecule has 1 N–H and O–H groups in total. The minimum Gasteiger partial charge on any atom is -0.454 e. The van der Waals surface area contributed by atoms with E-state index in [1.807, 2.05) is 0 Å². The van der Waals surface area contributed by atoms with Gasteiger partial charge in [0.25, 0.3) is 0 Å². The zero-order valence-corrected chi connectivity index (χ0v) is 16.3. The van der Waals surface area contributed by atoms with E-state index in [0.29, 0.717) is 43.1 Å². The van der Waals surface area contributed by atoms with Gasteiger partial charge in [0.2, 0.25) is 6.79 Å². The van der Waals surface area contributed by atoms with Gasteiger partial charge in [0.1, 0.15) is 5.82 Å². The lowest BCUT2D eigenvalue weighted by Gasteiger charge is -2.38. The Kier molecular flexibility index (Phi) is 5.31. The third kappa shape index (κ3) is 4.07. The first-order valence-corrected chi connectivity index (χ1v) is 9.53. The summed E-state index contributed by atoms with van der Waals surface area (Å²) in [5.41, 5.74) is -0.224. The summed E-state index contributed by atoms with van der Waals surface area (Å²) in [6.45, 7) is 0.955. The first kappa shape index (κ1) is 20.1. The summed E-state index contributed by atoms with van der Waals surface area (Å²) >= 11 is 0. The predicted molar refractivity (Wildman–Crippen MR) is 104 cm³/mol. The molecule has 2 aliphatic heterocycles. The van der Waals surface area contributed by atoms with Crippen LogP contribution in [0, 0.1) is 0 Å². The van der Waals surface area contributed by atoms with Gasteiger partial charge < -0.3 is 24.6 Å². The quantitative estimate of drug-likeness (QED) is 0.811. The molecule has 2 aliphatic rings. The van der Waals surface area contributed by atoms with Crippen LogP contribution in [0.2, 0.25) is 0 Å². The molecule has 1 atom stereocenters. The number of hydrogen-bond donors (Lipinski definition) is 1. The third-order valence-electron chi connectivity index (χ3n) is 5.28. The average molecular weight is 422 g/mol. The number of pyridine rings is 1. The first-order chi connectivity index (χ1) is 14.3. The van der Waals surface area contributed by atoms with Crippen LogP contribution in [0.1, 0.15) is 18.4 Å². The van der Waals surface area contributed by atoms with Crippen molar-refractivity contribution in [3.63, 3.8) is 0 Å². The Bertz CT molecular complexity index is 938. The van der Waals surface area contributed by atoms with Crippen molar-refractivity contribution in [2.45, 2.75) is 25.1 Å².